The van der Waals surface area contributed by atoms with Crippen LogP contribution in [0, 0.1) is 0 Å². The molecule has 0 unspecified atom stereocenters. The fourth-order valence-electron chi connectivity index (χ4n) is 2.26. The van der Waals surface area contributed by atoms with Gasteiger partial charge in [-0.1, -0.05) is 31.9 Å². The number of carbonyl (C=O) groups is 1. The molecule has 0 aromatic heterocycles. The normalized spacial score (nSPS) is 22.4. The average Bonchev–Trinajstić information content (AvgIpc) is 2.47. The minimum atomic E-state index is -0.965. The fourth-order valence-corrected chi connectivity index (χ4v) is 2.26. The first kappa shape index (κ1) is 14.9. The maximum absolute atomic E-state index is 11.4. The molecule has 0 aliphatic carbocycles. The van der Waals surface area contributed by atoms with Crippen molar-refractivity contribution in [1.29, 1.82) is 0 Å². The summed E-state index contributed by atoms with van der Waals surface area (Å²) >= 11 is 0. The van der Waals surface area contributed by atoms with Crippen LogP contribution in [0.4, 0.5) is 0 Å². The average molecular weight is 278 g/mol. The Hall–Kier alpha value is -1.55. The van der Waals surface area contributed by atoms with Gasteiger partial charge in [0, 0.05) is 0 Å². The summed E-state index contributed by atoms with van der Waals surface area (Å²) in [7, 11) is 0. The Kier molecular flexibility index (Phi) is 5.41. The molecule has 1 aliphatic heterocycles. The van der Waals surface area contributed by atoms with Crippen molar-refractivity contribution in [3.63, 3.8) is 0 Å². The van der Waals surface area contributed by atoms with Crippen LogP contribution < -0.4 is 4.74 Å². The molecule has 1 aliphatic rings. The number of aliphatic hydroxyl groups excluding tert-OH is 1. The minimum Gasteiger partial charge on any atom is -0.494 e. The Labute approximate surface area is 119 Å². The molecule has 0 amide bonds. The second-order valence-electron chi connectivity index (χ2n) is 5.14. The lowest BCUT2D eigenvalue weighted by molar-refractivity contribution is -0.167. The van der Waals surface area contributed by atoms with E-state index in [-0.39, 0.29) is 6.10 Å². The molecule has 110 valence electrons. The number of esters is 1. The minimum absolute atomic E-state index is 0.250. The van der Waals surface area contributed by atoms with Gasteiger partial charge < -0.3 is 14.6 Å². The molecule has 1 aromatic carbocycles. The molecule has 0 spiro atoms. The summed E-state index contributed by atoms with van der Waals surface area (Å²) < 4.78 is 10.8. The molecule has 1 aromatic rings. The lowest BCUT2D eigenvalue weighted by Gasteiger charge is -2.25. The quantitative estimate of drug-likeness (QED) is 0.642. The molecular weight excluding hydrogens is 256 g/mol. The van der Waals surface area contributed by atoms with E-state index in [0.29, 0.717) is 12.8 Å². The van der Waals surface area contributed by atoms with Crippen LogP contribution in [-0.4, -0.2) is 23.8 Å². The van der Waals surface area contributed by atoms with Crippen molar-refractivity contribution < 1.29 is 19.4 Å². The molecule has 2 rings (SSSR count). The molecule has 2 atom stereocenters. The third kappa shape index (κ3) is 3.97. The lowest BCUT2D eigenvalue weighted by atomic mass is 10.00. The predicted octanol–water partition coefficient (Wildman–Crippen LogP) is 2.99. The van der Waals surface area contributed by atoms with Gasteiger partial charge in [-0.3, -0.25) is 0 Å². The highest BCUT2D eigenvalue weighted by atomic mass is 16.6. The standard InChI is InChI=1S/C16H22O4/c1-2-3-4-11-19-13-7-5-12(6-8-13)15-10-9-14(17)16(18)20-15/h5-8,14-15,17H,2-4,9-11H2,1H3/t14-,15+/m0/s1. The van der Waals surface area contributed by atoms with E-state index in [1.54, 1.807) is 0 Å². The Bertz CT molecular complexity index is 427. The van der Waals surface area contributed by atoms with Gasteiger partial charge in [-0.15, -0.1) is 0 Å². The van der Waals surface area contributed by atoms with Crippen molar-refractivity contribution in [2.75, 3.05) is 6.61 Å². The van der Waals surface area contributed by atoms with E-state index >= 15 is 0 Å². The van der Waals surface area contributed by atoms with E-state index in [4.69, 9.17) is 9.47 Å². The van der Waals surface area contributed by atoms with Gasteiger partial charge in [-0.05, 0) is 37.0 Å². The topological polar surface area (TPSA) is 55.8 Å². The lowest BCUT2D eigenvalue weighted by Crippen LogP contribution is -2.30. The zero-order valence-electron chi connectivity index (χ0n) is 11.9. The van der Waals surface area contributed by atoms with Gasteiger partial charge in [0.2, 0.25) is 0 Å². The van der Waals surface area contributed by atoms with E-state index in [1.807, 2.05) is 24.3 Å². The van der Waals surface area contributed by atoms with Crippen molar-refractivity contribution in [2.45, 2.75) is 51.2 Å². The van der Waals surface area contributed by atoms with E-state index in [0.717, 1.165) is 24.3 Å². The molecule has 20 heavy (non-hydrogen) atoms. The highest BCUT2D eigenvalue weighted by Gasteiger charge is 2.29. The van der Waals surface area contributed by atoms with E-state index in [9.17, 15) is 9.90 Å². The molecule has 0 saturated carbocycles. The molecule has 1 heterocycles. The van der Waals surface area contributed by atoms with Crippen LogP contribution in [0.2, 0.25) is 0 Å². The van der Waals surface area contributed by atoms with Crippen LogP contribution in [0.3, 0.4) is 0 Å². The summed E-state index contributed by atoms with van der Waals surface area (Å²) in [5.74, 6) is 0.313. The largest absolute Gasteiger partial charge is 0.494 e. The molecule has 1 fully saturated rings. The maximum Gasteiger partial charge on any atom is 0.335 e. The summed E-state index contributed by atoms with van der Waals surface area (Å²) in [6.07, 6.45) is 3.32. The Morgan fingerprint density at radius 3 is 2.65 bits per heavy atom. The van der Waals surface area contributed by atoms with Crippen molar-refractivity contribution in [2.24, 2.45) is 0 Å². The number of hydrogen-bond acceptors (Lipinski definition) is 4. The highest BCUT2D eigenvalue weighted by Crippen LogP contribution is 2.29. The molecule has 1 saturated heterocycles. The Balaban J connectivity index is 1.86. The summed E-state index contributed by atoms with van der Waals surface area (Å²) in [6.45, 7) is 2.90. The van der Waals surface area contributed by atoms with Gasteiger partial charge in [0.1, 0.15) is 11.9 Å². The van der Waals surface area contributed by atoms with Gasteiger partial charge in [-0.2, -0.15) is 0 Å². The number of ether oxygens (including phenoxy) is 2. The molecule has 4 heteroatoms. The fraction of sp³-hybridized carbons (Fsp3) is 0.562. The first-order chi connectivity index (χ1) is 9.70. The number of carbonyl (C=O) groups excluding carboxylic acids is 1. The zero-order chi connectivity index (χ0) is 14.4. The van der Waals surface area contributed by atoms with Crippen molar-refractivity contribution in [1.82, 2.24) is 0 Å². The predicted molar refractivity (Wildman–Crippen MR) is 75.5 cm³/mol. The van der Waals surface area contributed by atoms with E-state index in [1.165, 1.54) is 12.8 Å². The highest BCUT2D eigenvalue weighted by molar-refractivity contribution is 5.75. The maximum atomic E-state index is 11.4. The third-order valence-electron chi connectivity index (χ3n) is 3.50. The van der Waals surface area contributed by atoms with Crippen molar-refractivity contribution >= 4 is 5.97 Å². The summed E-state index contributed by atoms with van der Waals surface area (Å²) in [4.78, 5) is 11.4. The second-order valence-corrected chi connectivity index (χ2v) is 5.14. The third-order valence-corrected chi connectivity index (χ3v) is 3.50. The van der Waals surface area contributed by atoms with Crippen molar-refractivity contribution in [3.05, 3.63) is 29.8 Å². The van der Waals surface area contributed by atoms with Crippen molar-refractivity contribution in [3.8, 4) is 5.75 Å². The van der Waals surface area contributed by atoms with Crippen LogP contribution in [0.1, 0.15) is 50.7 Å². The van der Waals surface area contributed by atoms with E-state index in [2.05, 4.69) is 6.92 Å². The first-order valence-corrected chi connectivity index (χ1v) is 7.32. The van der Waals surface area contributed by atoms with Crippen LogP contribution in [-0.2, 0) is 9.53 Å². The van der Waals surface area contributed by atoms with Crippen LogP contribution in [0.25, 0.3) is 0 Å². The first-order valence-electron chi connectivity index (χ1n) is 7.32. The van der Waals surface area contributed by atoms with Crippen LogP contribution >= 0.6 is 0 Å². The molecule has 0 radical (unpaired) electrons. The second kappa shape index (κ2) is 7.29. The number of benzene rings is 1. The van der Waals surface area contributed by atoms with Gasteiger partial charge in [0.25, 0.3) is 0 Å². The summed E-state index contributed by atoms with van der Waals surface area (Å²) in [5, 5.41) is 9.33. The van der Waals surface area contributed by atoms with Crippen LogP contribution in [0.5, 0.6) is 5.75 Å². The Morgan fingerprint density at radius 1 is 1.25 bits per heavy atom. The SMILES string of the molecule is CCCCCOc1ccc([C@H]2CC[C@H](O)C(=O)O2)cc1. The molecular formula is C16H22O4. The summed E-state index contributed by atoms with van der Waals surface area (Å²) in [6, 6.07) is 7.65. The number of cyclic esters (lactones) is 1. The Morgan fingerprint density at radius 2 is 2.00 bits per heavy atom. The molecule has 4 nitrogen and oxygen atoms in total. The number of unbranched alkanes of at least 4 members (excludes halogenated alkanes) is 2. The monoisotopic (exact) mass is 278 g/mol. The number of rotatable bonds is 6. The zero-order valence-corrected chi connectivity index (χ0v) is 11.9. The van der Waals surface area contributed by atoms with Gasteiger partial charge in [0.05, 0.1) is 6.61 Å². The molecule has 1 N–H and O–H groups in total. The number of hydrogen-bond donors (Lipinski definition) is 1. The van der Waals surface area contributed by atoms with Gasteiger partial charge in [-0.25, -0.2) is 4.79 Å². The smallest absolute Gasteiger partial charge is 0.335 e. The van der Waals surface area contributed by atoms with Gasteiger partial charge >= 0.3 is 5.97 Å². The summed E-state index contributed by atoms with van der Waals surface area (Å²) in [5.41, 5.74) is 0.950. The van der Waals surface area contributed by atoms with Gasteiger partial charge in [0.15, 0.2) is 6.10 Å². The molecule has 0 bridgehead atoms. The van der Waals surface area contributed by atoms with E-state index < -0.39 is 12.1 Å². The number of aliphatic hydroxyl groups is 1. The van der Waals surface area contributed by atoms with Crippen LogP contribution in [0.15, 0.2) is 24.3 Å².